The van der Waals surface area contributed by atoms with Gasteiger partial charge in [-0.1, -0.05) is 17.4 Å². The Balaban J connectivity index is 1.61. The fourth-order valence-corrected chi connectivity index (χ4v) is 3.76. The normalized spacial score (nSPS) is 17.5. The molecule has 0 spiro atoms. The van der Waals surface area contributed by atoms with Gasteiger partial charge in [-0.25, -0.2) is 4.98 Å². The second-order valence-corrected chi connectivity index (χ2v) is 6.84. The molecule has 124 valence electrons. The summed E-state index contributed by atoms with van der Waals surface area (Å²) in [4.78, 5) is 17.2. The largest absolute Gasteiger partial charge is 0.371 e. The Morgan fingerprint density at radius 2 is 2.29 bits per heavy atom. The van der Waals surface area contributed by atoms with Crippen molar-refractivity contribution < 1.29 is 9.53 Å². The predicted molar refractivity (Wildman–Crippen MR) is 90.5 cm³/mol. The molecule has 7 nitrogen and oxygen atoms in total. The van der Waals surface area contributed by atoms with Gasteiger partial charge in [-0.2, -0.15) is 0 Å². The maximum Gasteiger partial charge on any atom is 0.276 e. The van der Waals surface area contributed by atoms with Crippen LogP contribution >= 0.6 is 11.3 Å². The highest BCUT2D eigenvalue weighted by Gasteiger charge is 2.23. The van der Waals surface area contributed by atoms with Crippen molar-refractivity contribution in [2.75, 3.05) is 11.9 Å². The summed E-state index contributed by atoms with van der Waals surface area (Å²) in [5.41, 5.74) is 3.02. The van der Waals surface area contributed by atoms with Crippen molar-refractivity contribution in [2.45, 2.75) is 32.8 Å². The maximum absolute atomic E-state index is 12.7. The van der Waals surface area contributed by atoms with Crippen molar-refractivity contribution in [3.8, 4) is 0 Å². The van der Waals surface area contributed by atoms with Gasteiger partial charge >= 0.3 is 0 Å². The molecule has 0 bridgehead atoms. The van der Waals surface area contributed by atoms with E-state index in [-0.39, 0.29) is 12.0 Å². The molecule has 4 heterocycles. The number of ether oxygens (including phenoxy) is 1. The number of pyridine rings is 1. The van der Waals surface area contributed by atoms with Crippen LogP contribution in [0.2, 0.25) is 0 Å². The molecular formula is C16H17N5O2S. The molecule has 1 aliphatic heterocycles. The zero-order valence-corrected chi connectivity index (χ0v) is 14.3. The number of hydrogen-bond acceptors (Lipinski definition) is 6. The van der Waals surface area contributed by atoms with Crippen molar-refractivity contribution in [3.05, 3.63) is 40.3 Å². The summed E-state index contributed by atoms with van der Waals surface area (Å²) in [5, 5.41) is 12.3. The average Bonchev–Trinajstić information content (AvgIpc) is 3.25. The van der Waals surface area contributed by atoms with Crippen molar-refractivity contribution >= 4 is 28.0 Å². The molecule has 1 unspecified atom stereocenters. The number of nitrogens with zero attached hydrogens (tertiary/aromatic N) is 4. The van der Waals surface area contributed by atoms with Crippen LogP contribution in [0.5, 0.6) is 0 Å². The Hall–Kier alpha value is -2.32. The minimum absolute atomic E-state index is 0.00772. The van der Waals surface area contributed by atoms with Crippen molar-refractivity contribution in [3.63, 3.8) is 0 Å². The zero-order valence-electron chi connectivity index (χ0n) is 13.4. The van der Waals surface area contributed by atoms with E-state index in [2.05, 4.69) is 20.5 Å². The van der Waals surface area contributed by atoms with E-state index in [4.69, 9.17) is 4.74 Å². The lowest BCUT2D eigenvalue weighted by atomic mass is 10.2. The Bertz CT molecular complexity index is 910. The van der Waals surface area contributed by atoms with Crippen LogP contribution in [0.4, 0.5) is 5.13 Å². The second-order valence-electron chi connectivity index (χ2n) is 5.83. The molecule has 1 N–H and O–H groups in total. The Labute approximate surface area is 142 Å². The molecule has 1 atom stereocenters. The summed E-state index contributed by atoms with van der Waals surface area (Å²) in [5.74, 6) is -0.236. The lowest BCUT2D eigenvalue weighted by molar-refractivity contribution is 0.102. The summed E-state index contributed by atoms with van der Waals surface area (Å²) in [6.07, 6.45) is 3.84. The van der Waals surface area contributed by atoms with Gasteiger partial charge < -0.3 is 4.74 Å². The van der Waals surface area contributed by atoms with Gasteiger partial charge in [0.15, 0.2) is 0 Å². The highest BCUT2D eigenvalue weighted by molar-refractivity contribution is 7.15. The number of carbonyl (C=O) groups is 1. The number of carbonyl (C=O) groups excluding carboxylic acids is 1. The third-order valence-corrected chi connectivity index (χ3v) is 5.03. The van der Waals surface area contributed by atoms with E-state index in [9.17, 15) is 4.79 Å². The van der Waals surface area contributed by atoms with Gasteiger partial charge in [-0.15, -0.1) is 10.2 Å². The van der Waals surface area contributed by atoms with E-state index in [1.807, 2.05) is 36.6 Å². The number of aryl methyl sites for hydroxylation is 2. The van der Waals surface area contributed by atoms with Gasteiger partial charge in [0.25, 0.3) is 5.91 Å². The van der Waals surface area contributed by atoms with Crippen LogP contribution in [-0.2, 0) is 4.74 Å². The smallest absolute Gasteiger partial charge is 0.276 e. The molecule has 0 aliphatic carbocycles. The molecular weight excluding hydrogens is 326 g/mol. The molecule has 3 aromatic heterocycles. The molecule has 0 aromatic carbocycles. The summed E-state index contributed by atoms with van der Waals surface area (Å²) in [6, 6.07) is 3.88. The van der Waals surface area contributed by atoms with Gasteiger partial charge in [0, 0.05) is 12.8 Å². The summed E-state index contributed by atoms with van der Waals surface area (Å²) < 4.78 is 7.41. The van der Waals surface area contributed by atoms with E-state index in [1.165, 1.54) is 11.3 Å². The molecule has 24 heavy (non-hydrogen) atoms. The van der Waals surface area contributed by atoms with Crippen LogP contribution < -0.4 is 5.32 Å². The number of anilines is 1. The standard InChI is InChI=1S/C16H17N5O2S/c1-9-5-3-7-21-12(10(2)17-13(9)21)14(22)18-16-20-19-15(24-16)11-6-4-8-23-11/h3,5,7,11H,4,6,8H2,1-2H3,(H,18,20,22). The van der Waals surface area contributed by atoms with E-state index < -0.39 is 0 Å². The minimum atomic E-state index is -0.236. The fourth-order valence-electron chi connectivity index (χ4n) is 2.93. The van der Waals surface area contributed by atoms with E-state index in [0.717, 1.165) is 35.7 Å². The minimum Gasteiger partial charge on any atom is -0.371 e. The van der Waals surface area contributed by atoms with E-state index in [0.29, 0.717) is 16.5 Å². The summed E-state index contributed by atoms with van der Waals surface area (Å²) in [7, 11) is 0. The first-order valence-corrected chi connectivity index (χ1v) is 8.66. The number of rotatable bonds is 3. The van der Waals surface area contributed by atoms with Crippen molar-refractivity contribution in [1.82, 2.24) is 19.6 Å². The number of amides is 1. The van der Waals surface area contributed by atoms with Crippen LogP contribution in [0, 0.1) is 13.8 Å². The van der Waals surface area contributed by atoms with Crippen molar-refractivity contribution in [1.29, 1.82) is 0 Å². The quantitative estimate of drug-likeness (QED) is 0.791. The highest BCUT2D eigenvalue weighted by atomic mass is 32.1. The summed E-state index contributed by atoms with van der Waals surface area (Å²) >= 11 is 1.36. The molecule has 0 saturated carbocycles. The fraction of sp³-hybridized carbons (Fsp3) is 0.375. The Morgan fingerprint density at radius 3 is 3.08 bits per heavy atom. The number of fused-ring (bicyclic) bond motifs is 1. The first kappa shape index (κ1) is 15.2. The monoisotopic (exact) mass is 343 g/mol. The van der Waals surface area contributed by atoms with Crippen LogP contribution in [-0.4, -0.2) is 32.1 Å². The van der Waals surface area contributed by atoms with Gasteiger partial charge in [-0.05, 0) is 38.3 Å². The topological polar surface area (TPSA) is 81.4 Å². The van der Waals surface area contributed by atoms with Crippen LogP contribution in [0.25, 0.3) is 5.65 Å². The number of imidazole rings is 1. The van der Waals surface area contributed by atoms with E-state index in [1.54, 1.807) is 0 Å². The molecule has 0 radical (unpaired) electrons. The number of aromatic nitrogens is 4. The molecule has 1 amide bonds. The SMILES string of the molecule is Cc1nc2c(C)cccn2c1C(=O)Nc1nnc(C2CCCO2)s1. The second kappa shape index (κ2) is 5.95. The van der Waals surface area contributed by atoms with Crippen LogP contribution in [0.15, 0.2) is 18.3 Å². The van der Waals surface area contributed by atoms with Crippen molar-refractivity contribution in [2.24, 2.45) is 0 Å². The third kappa shape index (κ3) is 2.57. The van der Waals surface area contributed by atoms with Crippen LogP contribution in [0.1, 0.15) is 45.7 Å². The maximum atomic E-state index is 12.7. The zero-order chi connectivity index (χ0) is 16.7. The van der Waals surface area contributed by atoms with Gasteiger partial charge in [0.1, 0.15) is 22.5 Å². The van der Waals surface area contributed by atoms with Crippen LogP contribution in [0.3, 0.4) is 0 Å². The highest BCUT2D eigenvalue weighted by Crippen LogP contribution is 2.32. The van der Waals surface area contributed by atoms with Gasteiger partial charge in [0.05, 0.1) is 5.69 Å². The predicted octanol–water partition coefficient (Wildman–Crippen LogP) is 2.91. The number of hydrogen-bond donors (Lipinski definition) is 1. The van der Waals surface area contributed by atoms with Gasteiger partial charge in [0.2, 0.25) is 5.13 Å². The van der Waals surface area contributed by atoms with Gasteiger partial charge in [-0.3, -0.25) is 14.5 Å². The lowest BCUT2D eigenvalue weighted by Gasteiger charge is -2.04. The Kier molecular flexibility index (Phi) is 3.78. The summed E-state index contributed by atoms with van der Waals surface area (Å²) in [6.45, 7) is 4.56. The molecule has 1 saturated heterocycles. The molecule has 3 aromatic rings. The average molecular weight is 343 g/mol. The molecule has 8 heteroatoms. The van der Waals surface area contributed by atoms with E-state index >= 15 is 0 Å². The Morgan fingerprint density at radius 1 is 1.42 bits per heavy atom. The molecule has 4 rings (SSSR count). The molecule has 1 fully saturated rings. The number of nitrogens with one attached hydrogen (secondary N) is 1. The third-order valence-electron chi connectivity index (χ3n) is 4.10. The molecule has 1 aliphatic rings. The lowest BCUT2D eigenvalue weighted by Crippen LogP contribution is -2.15. The first-order valence-electron chi connectivity index (χ1n) is 7.84. The first-order chi connectivity index (χ1) is 11.6.